The van der Waals surface area contributed by atoms with Gasteiger partial charge in [-0.25, -0.2) is 4.39 Å². The van der Waals surface area contributed by atoms with Crippen molar-refractivity contribution in [3.63, 3.8) is 0 Å². The smallest absolute Gasteiger partial charge is 0.255 e. The van der Waals surface area contributed by atoms with Gasteiger partial charge < -0.3 is 15.5 Å². The van der Waals surface area contributed by atoms with Crippen molar-refractivity contribution in [2.75, 3.05) is 0 Å². The van der Waals surface area contributed by atoms with Crippen LogP contribution in [0.4, 0.5) is 4.39 Å². The van der Waals surface area contributed by atoms with Crippen LogP contribution < -0.4 is 5.32 Å². The Morgan fingerprint density at radius 3 is 2.78 bits per heavy atom. The van der Waals surface area contributed by atoms with Gasteiger partial charge >= 0.3 is 0 Å². The number of amides is 1. The highest BCUT2D eigenvalue weighted by Crippen LogP contribution is 2.21. The van der Waals surface area contributed by atoms with Gasteiger partial charge in [0.2, 0.25) is 0 Å². The average molecular weight is 253 g/mol. The normalized spacial score (nSPS) is 23.7. The highest BCUT2D eigenvalue weighted by atomic mass is 19.1. The van der Waals surface area contributed by atoms with Crippen molar-refractivity contribution in [2.45, 2.75) is 37.8 Å². The molecule has 0 aliphatic heterocycles. The fourth-order valence-electron chi connectivity index (χ4n) is 2.22. The summed E-state index contributed by atoms with van der Waals surface area (Å²) < 4.78 is 13.0. The summed E-state index contributed by atoms with van der Waals surface area (Å²) in [5, 5.41) is 21.9. The molecule has 0 unspecified atom stereocenters. The van der Waals surface area contributed by atoms with Gasteiger partial charge in [-0.05, 0) is 31.0 Å². The molecule has 0 bridgehead atoms. The van der Waals surface area contributed by atoms with Gasteiger partial charge in [0.1, 0.15) is 11.6 Å². The van der Waals surface area contributed by atoms with E-state index in [9.17, 15) is 19.4 Å². The van der Waals surface area contributed by atoms with Gasteiger partial charge in [0.05, 0.1) is 17.7 Å². The van der Waals surface area contributed by atoms with Crippen molar-refractivity contribution < 1.29 is 19.4 Å². The first kappa shape index (κ1) is 12.8. The Morgan fingerprint density at radius 1 is 1.33 bits per heavy atom. The first-order valence-electron chi connectivity index (χ1n) is 6.05. The number of rotatable bonds is 2. The zero-order valence-corrected chi connectivity index (χ0v) is 9.90. The number of hydrogen-bond donors (Lipinski definition) is 3. The van der Waals surface area contributed by atoms with Gasteiger partial charge in [-0.15, -0.1) is 0 Å². The molecule has 1 saturated carbocycles. The first-order chi connectivity index (χ1) is 8.58. The summed E-state index contributed by atoms with van der Waals surface area (Å²) in [5.41, 5.74) is -0.104. The van der Waals surface area contributed by atoms with E-state index in [4.69, 9.17) is 0 Å². The van der Waals surface area contributed by atoms with E-state index in [0.29, 0.717) is 12.8 Å². The van der Waals surface area contributed by atoms with Crippen molar-refractivity contribution in [1.82, 2.24) is 5.32 Å². The van der Waals surface area contributed by atoms with Gasteiger partial charge in [0.15, 0.2) is 0 Å². The summed E-state index contributed by atoms with van der Waals surface area (Å²) in [7, 11) is 0. The lowest BCUT2D eigenvalue weighted by Gasteiger charge is -2.28. The van der Waals surface area contributed by atoms with Crippen molar-refractivity contribution in [3.8, 4) is 5.75 Å². The number of nitrogens with one attached hydrogen (secondary N) is 1. The molecule has 1 aliphatic carbocycles. The number of aliphatic hydroxyl groups is 1. The molecule has 18 heavy (non-hydrogen) atoms. The van der Waals surface area contributed by atoms with Crippen molar-refractivity contribution in [1.29, 1.82) is 0 Å². The predicted molar refractivity (Wildman–Crippen MR) is 63.8 cm³/mol. The van der Waals surface area contributed by atoms with E-state index in [1.807, 2.05) is 0 Å². The molecule has 0 saturated heterocycles. The molecule has 4 nitrogen and oxygen atoms in total. The molecule has 1 aliphatic rings. The van der Waals surface area contributed by atoms with E-state index in [1.54, 1.807) is 0 Å². The van der Waals surface area contributed by atoms with Gasteiger partial charge in [0, 0.05) is 0 Å². The molecule has 1 amide bonds. The molecule has 0 heterocycles. The zero-order valence-electron chi connectivity index (χ0n) is 9.90. The van der Waals surface area contributed by atoms with Crippen LogP contribution >= 0.6 is 0 Å². The summed E-state index contributed by atoms with van der Waals surface area (Å²) >= 11 is 0. The van der Waals surface area contributed by atoms with Crippen LogP contribution in [0.3, 0.4) is 0 Å². The number of hydrogen-bond acceptors (Lipinski definition) is 3. The maximum Gasteiger partial charge on any atom is 0.255 e. The molecular weight excluding hydrogens is 237 g/mol. The molecule has 0 aromatic heterocycles. The van der Waals surface area contributed by atoms with E-state index in [1.165, 1.54) is 0 Å². The Hall–Kier alpha value is -1.62. The highest BCUT2D eigenvalue weighted by molar-refractivity contribution is 5.97. The summed E-state index contributed by atoms with van der Waals surface area (Å²) in [5.74, 6) is -1.40. The molecule has 1 aromatic carbocycles. The third-order valence-corrected chi connectivity index (χ3v) is 3.25. The Bertz CT molecular complexity index is 450. The van der Waals surface area contributed by atoms with Crippen LogP contribution in [0.25, 0.3) is 0 Å². The second-order valence-electron chi connectivity index (χ2n) is 4.59. The summed E-state index contributed by atoms with van der Waals surface area (Å²) in [6.45, 7) is 0. The minimum absolute atomic E-state index is 0.104. The van der Waals surface area contributed by atoms with Gasteiger partial charge in [-0.2, -0.15) is 0 Å². The fraction of sp³-hybridized carbons (Fsp3) is 0.462. The van der Waals surface area contributed by atoms with Crippen LogP contribution in [-0.2, 0) is 0 Å². The molecule has 98 valence electrons. The average Bonchev–Trinajstić information content (AvgIpc) is 2.35. The molecule has 0 spiro atoms. The largest absolute Gasteiger partial charge is 0.507 e. The van der Waals surface area contributed by atoms with Crippen LogP contribution in [0.2, 0.25) is 0 Å². The number of aromatic hydroxyl groups is 1. The Labute approximate surface area is 104 Å². The molecule has 2 rings (SSSR count). The second kappa shape index (κ2) is 5.35. The number of benzene rings is 1. The molecule has 2 atom stereocenters. The topological polar surface area (TPSA) is 69.6 Å². The third-order valence-electron chi connectivity index (χ3n) is 3.25. The lowest BCUT2D eigenvalue weighted by Crippen LogP contribution is -2.45. The second-order valence-corrected chi connectivity index (χ2v) is 4.59. The zero-order chi connectivity index (χ0) is 13.1. The van der Waals surface area contributed by atoms with E-state index < -0.39 is 17.8 Å². The predicted octanol–water partition coefficient (Wildman–Crippen LogP) is 1.56. The number of halogens is 1. The van der Waals surface area contributed by atoms with Gasteiger partial charge in [0.25, 0.3) is 5.91 Å². The quantitative estimate of drug-likeness (QED) is 0.749. The van der Waals surface area contributed by atoms with E-state index in [2.05, 4.69) is 5.32 Å². The van der Waals surface area contributed by atoms with Crippen molar-refractivity contribution in [3.05, 3.63) is 29.6 Å². The molecular formula is C13H16FNO3. The molecule has 1 aromatic rings. The first-order valence-corrected chi connectivity index (χ1v) is 6.05. The Kier molecular flexibility index (Phi) is 3.81. The Morgan fingerprint density at radius 2 is 2.06 bits per heavy atom. The maximum absolute atomic E-state index is 13.0. The van der Waals surface area contributed by atoms with Crippen LogP contribution in [0.1, 0.15) is 36.0 Å². The molecule has 0 radical (unpaired) electrons. The number of phenolic OH excluding ortho intramolecular Hbond substituents is 1. The summed E-state index contributed by atoms with van der Waals surface area (Å²) in [6.07, 6.45) is 2.66. The molecule has 5 heteroatoms. The highest BCUT2D eigenvalue weighted by Gasteiger charge is 2.25. The van der Waals surface area contributed by atoms with Crippen LogP contribution in [-0.4, -0.2) is 28.3 Å². The van der Waals surface area contributed by atoms with Gasteiger partial charge in [-0.3, -0.25) is 4.79 Å². The summed E-state index contributed by atoms with van der Waals surface area (Å²) in [6, 6.07) is 2.89. The molecule has 3 N–H and O–H groups in total. The maximum atomic E-state index is 13.0. The SMILES string of the molecule is O=C(N[C@H]1CCCC[C@@H]1O)c1cc(F)ccc1O. The molecule has 1 fully saturated rings. The van der Waals surface area contributed by atoms with Crippen LogP contribution in [0.5, 0.6) is 5.75 Å². The minimum atomic E-state index is -0.581. The monoisotopic (exact) mass is 253 g/mol. The third kappa shape index (κ3) is 2.79. The number of carbonyl (C=O) groups excluding carboxylic acids is 1. The van der Waals surface area contributed by atoms with E-state index >= 15 is 0 Å². The fourth-order valence-corrected chi connectivity index (χ4v) is 2.22. The van der Waals surface area contributed by atoms with E-state index in [0.717, 1.165) is 31.0 Å². The van der Waals surface area contributed by atoms with Crippen LogP contribution in [0, 0.1) is 5.82 Å². The lowest BCUT2D eigenvalue weighted by molar-refractivity contribution is 0.0715. The number of carbonyl (C=O) groups is 1. The minimum Gasteiger partial charge on any atom is -0.507 e. The number of aliphatic hydroxyl groups excluding tert-OH is 1. The summed E-state index contributed by atoms with van der Waals surface area (Å²) in [4.78, 5) is 11.9. The standard InChI is InChI=1S/C13H16FNO3/c14-8-5-6-11(16)9(7-8)13(18)15-10-3-1-2-4-12(10)17/h5-7,10,12,16-17H,1-4H2,(H,15,18)/t10-,12-/m0/s1. The number of phenols is 1. The van der Waals surface area contributed by atoms with Gasteiger partial charge in [-0.1, -0.05) is 12.8 Å². The Balaban J connectivity index is 2.09. The van der Waals surface area contributed by atoms with Crippen LogP contribution in [0.15, 0.2) is 18.2 Å². The van der Waals surface area contributed by atoms with Crippen molar-refractivity contribution in [2.24, 2.45) is 0 Å². The van der Waals surface area contributed by atoms with E-state index in [-0.39, 0.29) is 17.4 Å². The van der Waals surface area contributed by atoms with Crippen molar-refractivity contribution >= 4 is 5.91 Å². The lowest BCUT2D eigenvalue weighted by atomic mass is 9.92.